The molecule has 2 nitrogen and oxygen atoms in total. The van der Waals surface area contributed by atoms with Crippen LogP contribution >= 0.6 is 0 Å². The van der Waals surface area contributed by atoms with Gasteiger partial charge in [0.05, 0.1) is 6.61 Å². The summed E-state index contributed by atoms with van der Waals surface area (Å²) in [6.07, 6.45) is 8.92. The smallest absolute Gasteiger partial charge is 0.261 e. The van der Waals surface area contributed by atoms with Crippen LogP contribution in [-0.4, -0.2) is 14.9 Å². The lowest BCUT2D eigenvalue weighted by Crippen LogP contribution is -2.26. The molecule has 1 aliphatic rings. The molecular formula is C13H26O2Si. The number of hydrogen-bond donors (Lipinski definition) is 0. The van der Waals surface area contributed by atoms with Crippen molar-refractivity contribution in [1.29, 1.82) is 0 Å². The van der Waals surface area contributed by atoms with Gasteiger partial charge in [0.15, 0.2) is 0 Å². The van der Waals surface area contributed by atoms with Gasteiger partial charge in [-0.1, -0.05) is 19.3 Å². The van der Waals surface area contributed by atoms with E-state index in [-0.39, 0.29) is 0 Å². The molecule has 0 bridgehead atoms. The molecule has 0 heterocycles. The molecule has 16 heavy (non-hydrogen) atoms. The first-order valence-electron chi connectivity index (χ1n) is 6.55. The zero-order valence-electron chi connectivity index (χ0n) is 11.2. The second-order valence-electron chi connectivity index (χ2n) is 5.53. The van der Waals surface area contributed by atoms with Crippen LogP contribution in [0.15, 0.2) is 12.0 Å². The zero-order valence-corrected chi connectivity index (χ0v) is 12.2. The number of hydrogen-bond acceptors (Lipinski definition) is 2. The lowest BCUT2D eigenvalue weighted by Gasteiger charge is -2.24. The van der Waals surface area contributed by atoms with Crippen molar-refractivity contribution >= 4 is 8.32 Å². The van der Waals surface area contributed by atoms with E-state index in [4.69, 9.17) is 9.16 Å². The molecule has 3 heteroatoms. The number of rotatable bonds is 5. The quantitative estimate of drug-likeness (QED) is 0.529. The summed E-state index contributed by atoms with van der Waals surface area (Å²) in [5.41, 5.74) is 0. The van der Waals surface area contributed by atoms with Gasteiger partial charge in [0, 0.05) is 0 Å². The summed E-state index contributed by atoms with van der Waals surface area (Å²) in [4.78, 5) is 0. The second kappa shape index (κ2) is 6.33. The Bertz CT molecular complexity index is 225. The van der Waals surface area contributed by atoms with E-state index in [1.807, 2.05) is 6.92 Å². The highest BCUT2D eigenvalue weighted by Gasteiger charge is 2.20. The summed E-state index contributed by atoms with van der Waals surface area (Å²) < 4.78 is 11.6. The highest BCUT2D eigenvalue weighted by molar-refractivity contribution is 6.69. The molecule has 1 fully saturated rings. The molecule has 0 aromatic heterocycles. The molecular weight excluding hydrogens is 216 g/mol. The van der Waals surface area contributed by atoms with Crippen molar-refractivity contribution in [3.63, 3.8) is 0 Å². The van der Waals surface area contributed by atoms with E-state index in [0.29, 0.717) is 12.5 Å². The molecule has 0 aromatic rings. The van der Waals surface area contributed by atoms with E-state index in [1.165, 1.54) is 32.1 Å². The van der Waals surface area contributed by atoms with Crippen LogP contribution in [0.25, 0.3) is 0 Å². The van der Waals surface area contributed by atoms with Crippen molar-refractivity contribution in [1.82, 2.24) is 0 Å². The van der Waals surface area contributed by atoms with Crippen molar-refractivity contribution in [2.24, 2.45) is 5.92 Å². The van der Waals surface area contributed by atoms with Crippen molar-refractivity contribution < 1.29 is 9.16 Å². The lowest BCUT2D eigenvalue weighted by atomic mass is 9.89. The molecule has 0 unspecified atom stereocenters. The largest absolute Gasteiger partial charge is 0.520 e. The fraction of sp³-hybridized carbons (Fsp3) is 0.846. The Balaban J connectivity index is 2.56. The van der Waals surface area contributed by atoms with Crippen molar-refractivity contribution in [2.75, 3.05) is 6.61 Å². The molecule has 0 N–H and O–H groups in total. The van der Waals surface area contributed by atoms with Crippen LogP contribution in [-0.2, 0) is 9.16 Å². The van der Waals surface area contributed by atoms with Crippen LogP contribution in [0, 0.1) is 5.92 Å². The predicted octanol–water partition coefficient (Wildman–Crippen LogP) is 4.30. The van der Waals surface area contributed by atoms with Gasteiger partial charge >= 0.3 is 0 Å². The van der Waals surface area contributed by atoms with Crippen LogP contribution < -0.4 is 0 Å². The molecule has 1 saturated carbocycles. The fourth-order valence-corrected chi connectivity index (χ4v) is 2.78. The fourth-order valence-electron chi connectivity index (χ4n) is 2.05. The molecule has 1 rings (SSSR count). The predicted molar refractivity (Wildman–Crippen MR) is 70.7 cm³/mol. The lowest BCUT2D eigenvalue weighted by molar-refractivity contribution is 0.108. The summed E-state index contributed by atoms with van der Waals surface area (Å²) >= 11 is 0. The van der Waals surface area contributed by atoms with Gasteiger partial charge in [0.25, 0.3) is 5.95 Å². The van der Waals surface area contributed by atoms with E-state index in [2.05, 4.69) is 25.7 Å². The van der Waals surface area contributed by atoms with Gasteiger partial charge in [0.1, 0.15) is 0 Å². The standard InChI is InChI=1S/C13H26O2Si/c1-5-14-13(15-16(2,3)4)11-12-9-7-6-8-10-12/h11-12H,5-10H2,1-4H3/b13-11-. The molecule has 0 amide bonds. The molecule has 0 atom stereocenters. The molecule has 0 aromatic carbocycles. The van der Waals surface area contributed by atoms with Gasteiger partial charge in [-0.25, -0.2) is 0 Å². The summed E-state index contributed by atoms with van der Waals surface area (Å²) in [5.74, 6) is 1.46. The van der Waals surface area contributed by atoms with Crippen molar-refractivity contribution in [2.45, 2.75) is 58.7 Å². The highest BCUT2D eigenvalue weighted by atomic mass is 28.4. The Morgan fingerprint density at radius 2 is 1.81 bits per heavy atom. The summed E-state index contributed by atoms with van der Waals surface area (Å²) in [6, 6.07) is 0. The Kier molecular flexibility index (Phi) is 5.39. The maximum Gasteiger partial charge on any atom is 0.261 e. The molecule has 1 aliphatic carbocycles. The third kappa shape index (κ3) is 5.59. The molecule has 0 spiro atoms. The Morgan fingerprint density at radius 1 is 1.19 bits per heavy atom. The first-order valence-corrected chi connectivity index (χ1v) is 9.95. The third-order valence-corrected chi connectivity index (χ3v) is 3.53. The second-order valence-corrected chi connectivity index (χ2v) is 9.96. The topological polar surface area (TPSA) is 18.5 Å². The number of ether oxygens (including phenoxy) is 1. The summed E-state index contributed by atoms with van der Waals surface area (Å²) in [5, 5.41) is 0. The molecule has 94 valence electrons. The number of allylic oxidation sites excluding steroid dienone is 1. The average Bonchev–Trinajstić information content (AvgIpc) is 2.17. The zero-order chi connectivity index (χ0) is 12.0. The average molecular weight is 242 g/mol. The maximum absolute atomic E-state index is 5.96. The van der Waals surface area contributed by atoms with E-state index >= 15 is 0 Å². The molecule has 0 saturated heterocycles. The van der Waals surface area contributed by atoms with Crippen LogP contribution in [0.5, 0.6) is 0 Å². The first kappa shape index (κ1) is 13.6. The van der Waals surface area contributed by atoms with Gasteiger partial charge in [-0.3, -0.25) is 0 Å². The van der Waals surface area contributed by atoms with Crippen LogP contribution in [0.2, 0.25) is 19.6 Å². The minimum atomic E-state index is -1.54. The first-order chi connectivity index (χ1) is 7.51. The van der Waals surface area contributed by atoms with Gasteiger partial charge in [-0.15, -0.1) is 0 Å². The van der Waals surface area contributed by atoms with Crippen LogP contribution in [0.1, 0.15) is 39.0 Å². The van der Waals surface area contributed by atoms with Crippen molar-refractivity contribution in [3.8, 4) is 0 Å². The minimum absolute atomic E-state index is 0.673. The van der Waals surface area contributed by atoms with Gasteiger partial charge in [-0.05, 0) is 51.4 Å². The van der Waals surface area contributed by atoms with Gasteiger partial charge in [-0.2, -0.15) is 0 Å². The SMILES string of the molecule is CCO/C(=C/C1CCCCC1)O[Si](C)(C)C. The molecule has 0 radical (unpaired) electrons. The Morgan fingerprint density at radius 3 is 2.31 bits per heavy atom. The Hall–Kier alpha value is -0.443. The van der Waals surface area contributed by atoms with E-state index in [0.717, 1.165) is 5.95 Å². The van der Waals surface area contributed by atoms with Crippen LogP contribution in [0.4, 0.5) is 0 Å². The third-order valence-electron chi connectivity index (χ3n) is 2.71. The maximum atomic E-state index is 5.96. The highest BCUT2D eigenvalue weighted by Crippen LogP contribution is 2.26. The van der Waals surface area contributed by atoms with Crippen molar-refractivity contribution in [3.05, 3.63) is 12.0 Å². The van der Waals surface area contributed by atoms with Gasteiger partial charge in [0.2, 0.25) is 8.32 Å². The monoisotopic (exact) mass is 242 g/mol. The minimum Gasteiger partial charge on any atom is -0.520 e. The van der Waals surface area contributed by atoms with E-state index in [1.54, 1.807) is 0 Å². The molecule has 0 aliphatic heterocycles. The van der Waals surface area contributed by atoms with E-state index in [9.17, 15) is 0 Å². The van der Waals surface area contributed by atoms with Gasteiger partial charge < -0.3 is 9.16 Å². The van der Waals surface area contributed by atoms with Crippen LogP contribution in [0.3, 0.4) is 0 Å². The summed E-state index contributed by atoms with van der Waals surface area (Å²) in [7, 11) is -1.54. The summed E-state index contributed by atoms with van der Waals surface area (Å²) in [6.45, 7) is 9.30. The Labute approximate surface area is 101 Å². The van der Waals surface area contributed by atoms with E-state index < -0.39 is 8.32 Å². The normalized spacial score (nSPS) is 19.6.